The summed E-state index contributed by atoms with van der Waals surface area (Å²) in [5, 5.41) is 31.6. The van der Waals surface area contributed by atoms with Crippen LogP contribution in [-0.2, 0) is 6.54 Å². The molecule has 0 spiro atoms. The number of aryl methyl sites for hydroxylation is 1. The molecule has 12 heteroatoms. The molecule has 0 bridgehead atoms. The number of carbonyl (C=O) groups is 3. The standard InChI is InChI=1S/C13H21N7O5/c21-11(18-9-8-17-20-5-1-2-14-10(9)20)19(6-3-15-12(22)23)7-4-16-13(24)25/h8,14-16H,1-7H2,(H,18,21)(H,22,23)(H,24,25). The van der Waals surface area contributed by atoms with E-state index in [9.17, 15) is 14.4 Å². The fourth-order valence-corrected chi connectivity index (χ4v) is 2.37. The Labute approximate surface area is 143 Å². The van der Waals surface area contributed by atoms with Crippen LogP contribution in [0.2, 0.25) is 0 Å². The van der Waals surface area contributed by atoms with Crippen LogP contribution < -0.4 is 21.3 Å². The van der Waals surface area contributed by atoms with Gasteiger partial charge in [0.05, 0.1) is 6.20 Å². The molecule has 4 amide bonds. The molecule has 1 aliphatic heterocycles. The van der Waals surface area contributed by atoms with Crippen LogP contribution in [0, 0.1) is 0 Å². The molecule has 1 aliphatic rings. The van der Waals surface area contributed by atoms with Crippen LogP contribution in [0.25, 0.3) is 0 Å². The van der Waals surface area contributed by atoms with Crippen LogP contribution in [0.3, 0.4) is 0 Å². The lowest BCUT2D eigenvalue weighted by molar-refractivity contribution is 0.186. The fourth-order valence-electron chi connectivity index (χ4n) is 2.37. The molecule has 1 aromatic rings. The first-order valence-electron chi connectivity index (χ1n) is 7.76. The quantitative estimate of drug-likeness (QED) is 0.403. The number of carbonyl (C=O) groups excluding carboxylic acids is 1. The van der Waals surface area contributed by atoms with Crippen molar-refractivity contribution in [1.82, 2.24) is 25.3 Å². The van der Waals surface area contributed by atoms with Gasteiger partial charge in [-0.15, -0.1) is 0 Å². The number of amides is 4. The molecule has 0 unspecified atom stereocenters. The molecule has 0 fully saturated rings. The van der Waals surface area contributed by atoms with E-state index in [-0.39, 0.29) is 26.2 Å². The lowest BCUT2D eigenvalue weighted by Crippen LogP contribution is -2.44. The van der Waals surface area contributed by atoms with Gasteiger partial charge in [0.2, 0.25) is 0 Å². The third-order valence-corrected chi connectivity index (χ3v) is 3.52. The average molecular weight is 355 g/mol. The molecule has 25 heavy (non-hydrogen) atoms. The van der Waals surface area contributed by atoms with Gasteiger partial charge in [-0.25, -0.2) is 19.1 Å². The number of hydrogen-bond donors (Lipinski definition) is 6. The summed E-state index contributed by atoms with van der Waals surface area (Å²) >= 11 is 0. The second-order valence-electron chi connectivity index (χ2n) is 5.29. The summed E-state index contributed by atoms with van der Waals surface area (Å²) < 4.78 is 1.75. The number of hydrogen-bond acceptors (Lipinski definition) is 5. The Morgan fingerprint density at radius 3 is 2.44 bits per heavy atom. The van der Waals surface area contributed by atoms with Crippen LogP contribution in [-0.4, -0.2) is 75.8 Å². The monoisotopic (exact) mass is 355 g/mol. The Balaban J connectivity index is 1.96. The number of fused-ring (bicyclic) bond motifs is 1. The highest BCUT2D eigenvalue weighted by molar-refractivity contribution is 5.92. The largest absolute Gasteiger partial charge is 0.465 e. The van der Waals surface area contributed by atoms with Crippen molar-refractivity contribution < 1.29 is 24.6 Å². The molecule has 0 radical (unpaired) electrons. The zero-order valence-electron chi connectivity index (χ0n) is 13.5. The third kappa shape index (κ3) is 5.44. The van der Waals surface area contributed by atoms with Gasteiger partial charge in [0.25, 0.3) is 0 Å². The normalized spacial score (nSPS) is 12.5. The number of aromatic nitrogens is 2. The molecule has 1 aromatic heterocycles. The van der Waals surface area contributed by atoms with E-state index in [1.165, 1.54) is 11.1 Å². The van der Waals surface area contributed by atoms with Crippen LogP contribution >= 0.6 is 0 Å². The van der Waals surface area contributed by atoms with E-state index in [0.29, 0.717) is 11.5 Å². The second-order valence-corrected chi connectivity index (χ2v) is 5.29. The Morgan fingerprint density at radius 1 is 1.20 bits per heavy atom. The smallest absolute Gasteiger partial charge is 0.404 e. The SMILES string of the molecule is O=C(O)NCCN(CCNC(=O)O)C(=O)Nc1cnn2c1NCCC2. The highest BCUT2D eigenvalue weighted by Crippen LogP contribution is 2.24. The van der Waals surface area contributed by atoms with Crippen LogP contribution in [0.5, 0.6) is 0 Å². The zero-order chi connectivity index (χ0) is 18.2. The molecule has 2 heterocycles. The highest BCUT2D eigenvalue weighted by atomic mass is 16.4. The molecule has 2 rings (SSSR count). The summed E-state index contributed by atoms with van der Waals surface area (Å²) in [5.74, 6) is 0.715. The molecular formula is C13H21N7O5. The highest BCUT2D eigenvalue weighted by Gasteiger charge is 2.19. The maximum atomic E-state index is 12.4. The minimum absolute atomic E-state index is 0.0280. The van der Waals surface area contributed by atoms with Crippen molar-refractivity contribution in [2.75, 3.05) is 43.4 Å². The van der Waals surface area contributed by atoms with Crippen LogP contribution in [0.1, 0.15) is 6.42 Å². The maximum absolute atomic E-state index is 12.4. The molecule has 138 valence electrons. The number of nitrogens with zero attached hydrogens (tertiary/aromatic N) is 3. The molecule has 0 saturated carbocycles. The van der Waals surface area contributed by atoms with Gasteiger partial charge in [-0.3, -0.25) is 0 Å². The number of rotatable bonds is 7. The van der Waals surface area contributed by atoms with Crippen molar-refractivity contribution in [3.05, 3.63) is 6.20 Å². The van der Waals surface area contributed by atoms with Gasteiger partial charge in [0.1, 0.15) is 11.5 Å². The van der Waals surface area contributed by atoms with E-state index < -0.39 is 18.2 Å². The first-order chi connectivity index (χ1) is 12.0. The van der Waals surface area contributed by atoms with E-state index in [2.05, 4.69) is 26.4 Å². The van der Waals surface area contributed by atoms with Gasteiger partial charge in [0.15, 0.2) is 0 Å². The summed E-state index contributed by atoms with van der Waals surface area (Å²) in [6, 6.07) is -0.470. The predicted molar refractivity (Wildman–Crippen MR) is 88.0 cm³/mol. The van der Waals surface area contributed by atoms with E-state index in [0.717, 1.165) is 19.5 Å². The molecule has 12 nitrogen and oxygen atoms in total. The minimum Gasteiger partial charge on any atom is -0.465 e. The summed E-state index contributed by atoms with van der Waals surface area (Å²) in [6.07, 6.45) is 0.0859. The van der Waals surface area contributed by atoms with Crippen molar-refractivity contribution in [3.8, 4) is 0 Å². The van der Waals surface area contributed by atoms with E-state index >= 15 is 0 Å². The van der Waals surface area contributed by atoms with Gasteiger partial charge in [0, 0.05) is 39.3 Å². The van der Waals surface area contributed by atoms with Gasteiger partial charge >= 0.3 is 18.2 Å². The fraction of sp³-hybridized carbons (Fsp3) is 0.538. The molecule has 0 aromatic carbocycles. The van der Waals surface area contributed by atoms with Gasteiger partial charge in [-0.2, -0.15) is 5.10 Å². The molecule has 0 atom stereocenters. The number of carboxylic acid groups (broad SMARTS) is 2. The third-order valence-electron chi connectivity index (χ3n) is 3.52. The Kier molecular flexibility index (Phi) is 6.26. The molecular weight excluding hydrogens is 334 g/mol. The average Bonchev–Trinajstić information content (AvgIpc) is 2.96. The predicted octanol–water partition coefficient (Wildman–Crippen LogP) is 0.0678. The number of nitrogens with one attached hydrogen (secondary N) is 4. The van der Waals surface area contributed by atoms with Crippen molar-refractivity contribution in [1.29, 1.82) is 0 Å². The second kappa shape index (κ2) is 8.61. The van der Waals surface area contributed by atoms with E-state index in [1.807, 2.05) is 0 Å². The maximum Gasteiger partial charge on any atom is 0.404 e. The minimum atomic E-state index is -1.20. The number of anilines is 2. The van der Waals surface area contributed by atoms with Crippen LogP contribution in [0.15, 0.2) is 6.20 Å². The van der Waals surface area contributed by atoms with Crippen LogP contribution in [0.4, 0.5) is 25.9 Å². The summed E-state index contributed by atoms with van der Waals surface area (Å²) in [5.41, 5.74) is 0.520. The van der Waals surface area contributed by atoms with Gasteiger partial charge in [-0.05, 0) is 6.42 Å². The molecule has 0 saturated heterocycles. The van der Waals surface area contributed by atoms with Crippen molar-refractivity contribution in [2.24, 2.45) is 0 Å². The lowest BCUT2D eigenvalue weighted by atomic mass is 10.3. The van der Waals surface area contributed by atoms with Gasteiger partial charge < -0.3 is 36.4 Å². The lowest BCUT2D eigenvalue weighted by Gasteiger charge is -2.23. The Morgan fingerprint density at radius 2 is 1.84 bits per heavy atom. The number of urea groups is 1. The van der Waals surface area contributed by atoms with E-state index in [4.69, 9.17) is 10.2 Å². The summed E-state index contributed by atoms with van der Waals surface area (Å²) in [6.45, 7) is 1.78. The summed E-state index contributed by atoms with van der Waals surface area (Å²) in [7, 11) is 0. The van der Waals surface area contributed by atoms with E-state index in [1.54, 1.807) is 4.68 Å². The van der Waals surface area contributed by atoms with Crippen molar-refractivity contribution in [3.63, 3.8) is 0 Å². The topological polar surface area (TPSA) is 161 Å². The van der Waals surface area contributed by atoms with Crippen molar-refractivity contribution >= 4 is 29.7 Å². The molecule has 6 N–H and O–H groups in total. The summed E-state index contributed by atoms with van der Waals surface area (Å²) in [4.78, 5) is 34.8. The van der Waals surface area contributed by atoms with Gasteiger partial charge in [-0.1, -0.05) is 0 Å². The molecule has 0 aliphatic carbocycles. The Hall–Kier alpha value is -3.18. The first-order valence-corrected chi connectivity index (χ1v) is 7.76. The van der Waals surface area contributed by atoms with Crippen molar-refractivity contribution in [2.45, 2.75) is 13.0 Å². The zero-order valence-corrected chi connectivity index (χ0v) is 13.5. The Bertz CT molecular complexity index is 612. The first kappa shape index (κ1) is 18.2.